The smallest absolute Gasteiger partial charge is 0.255 e. The van der Waals surface area contributed by atoms with E-state index < -0.39 is 5.91 Å². The molecule has 0 aromatic heterocycles. The number of hydrogen-bond acceptors (Lipinski definition) is 4. The maximum absolute atomic E-state index is 13.5. The molecule has 0 saturated carbocycles. The summed E-state index contributed by atoms with van der Waals surface area (Å²) < 4.78 is 23.9. The van der Waals surface area contributed by atoms with Crippen molar-refractivity contribution in [3.05, 3.63) is 59.4 Å². The molecule has 0 unspecified atom stereocenters. The van der Waals surface area contributed by atoms with Crippen LogP contribution in [0.5, 0.6) is 11.5 Å². The van der Waals surface area contributed by atoms with Gasteiger partial charge in [0.15, 0.2) is 18.1 Å². The molecule has 2 amide bonds. The predicted octanol–water partition coefficient (Wildman–Crippen LogP) is 1.67. The summed E-state index contributed by atoms with van der Waals surface area (Å²) in [5.74, 6) is -0.616. The second kappa shape index (κ2) is 8.68. The van der Waals surface area contributed by atoms with Crippen LogP contribution in [0.15, 0.2) is 42.5 Å². The Balaban J connectivity index is 1.97. The van der Waals surface area contributed by atoms with Gasteiger partial charge in [-0.15, -0.1) is 0 Å². The first-order valence-corrected chi connectivity index (χ1v) is 7.62. The normalized spacial score (nSPS) is 10.2. The van der Waals surface area contributed by atoms with Crippen molar-refractivity contribution < 1.29 is 23.5 Å². The van der Waals surface area contributed by atoms with Crippen LogP contribution in [0.4, 0.5) is 4.39 Å². The van der Waals surface area contributed by atoms with Crippen molar-refractivity contribution in [2.75, 3.05) is 20.3 Å². The van der Waals surface area contributed by atoms with Gasteiger partial charge in [0.1, 0.15) is 5.82 Å². The van der Waals surface area contributed by atoms with Gasteiger partial charge in [0, 0.05) is 12.1 Å². The first-order valence-electron chi connectivity index (χ1n) is 7.62. The zero-order valence-corrected chi connectivity index (χ0v) is 13.8. The number of nitrogens with one attached hydrogen (secondary N) is 1. The van der Waals surface area contributed by atoms with E-state index in [0.717, 1.165) is 0 Å². The van der Waals surface area contributed by atoms with Crippen molar-refractivity contribution in [1.82, 2.24) is 5.32 Å². The highest BCUT2D eigenvalue weighted by atomic mass is 19.1. The Kier molecular flexibility index (Phi) is 6.33. The second-order valence-electron chi connectivity index (χ2n) is 5.22. The summed E-state index contributed by atoms with van der Waals surface area (Å²) in [4.78, 5) is 23.0. The third-order valence-electron chi connectivity index (χ3n) is 3.43. The number of carbonyl (C=O) groups excluding carboxylic acids is 2. The van der Waals surface area contributed by atoms with Crippen molar-refractivity contribution in [2.24, 2.45) is 5.73 Å². The summed E-state index contributed by atoms with van der Waals surface area (Å²) in [5.41, 5.74) is 5.92. The molecular weight excluding hydrogens is 327 g/mol. The standard InChI is InChI=1S/C18H19FN2O4/c1-24-16-10-13(6-7-15(16)25-11-17(20)22)18(23)21-9-8-12-4-2-3-5-14(12)19/h2-7,10H,8-9,11H2,1H3,(H2,20,22)(H,21,23). The molecule has 132 valence electrons. The Hall–Kier alpha value is -3.09. The van der Waals surface area contributed by atoms with E-state index in [1.807, 2.05) is 0 Å². The molecule has 0 aliphatic rings. The molecule has 0 aliphatic carbocycles. The molecular formula is C18H19FN2O4. The summed E-state index contributed by atoms with van der Waals surface area (Å²) in [7, 11) is 1.42. The van der Waals surface area contributed by atoms with Crippen LogP contribution in [-0.2, 0) is 11.2 Å². The minimum atomic E-state index is -0.614. The Morgan fingerprint density at radius 2 is 1.92 bits per heavy atom. The molecule has 0 aliphatic heterocycles. The van der Waals surface area contributed by atoms with Gasteiger partial charge in [-0.3, -0.25) is 9.59 Å². The van der Waals surface area contributed by atoms with Gasteiger partial charge in [-0.05, 0) is 36.2 Å². The maximum Gasteiger partial charge on any atom is 0.255 e. The van der Waals surface area contributed by atoms with E-state index in [-0.39, 0.29) is 18.3 Å². The molecule has 0 heterocycles. The summed E-state index contributed by atoms with van der Waals surface area (Å²) in [6.45, 7) is 0.00650. The van der Waals surface area contributed by atoms with Crippen LogP contribution in [-0.4, -0.2) is 32.1 Å². The zero-order valence-electron chi connectivity index (χ0n) is 13.8. The van der Waals surface area contributed by atoms with Gasteiger partial charge in [-0.25, -0.2) is 4.39 Å². The van der Waals surface area contributed by atoms with E-state index in [9.17, 15) is 14.0 Å². The first kappa shape index (κ1) is 18.3. The number of nitrogens with two attached hydrogens (primary N) is 1. The lowest BCUT2D eigenvalue weighted by Crippen LogP contribution is -2.26. The van der Waals surface area contributed by atoms with E-state index in [1.54, 1.807) is 18.2 Å². The highest BCUT2D eigenvalue weighted by molar-refractivity contribution is 5.94. The van der Waals surface area contributed by atoms with Crippen LogP contribution >= 0.6 is 0 Å². The molecule has 0 radical (unpaired) electrons. The molecule has 2 rings (SSSR count). The van der Waals surface area contributed by atoms with E-state index >= 15 is 0 Å². The summed E-state index contributed by atoms with van der Waals surface area (Å²) in [6.07, 6.45) is 0.384. The number of amides is 2. The number of hydrogen-bond donors (Lipinski definition) is 2. The van der Waals surface area contributed by atoms with Crippen molar-refractivity contribution >= 4 is 11.8 Å². The number of halogens is 1. The lowest BCUT2D eigenvalue weighted by Gasteiger charge is -2.11. The highest BCUT2D eigenvalue weighted by Crippen LogP contribution is 2.28. The minimum absolute atomic E-state index is 0.287. The molecule has 0 saturated heterocycles. The van der Waals surface area contributed by atoms with E-state index in [2.05, 4.69) is 5.32 Å². The maximum atomic E-state index is 13.5. The van der Waals surface area contributed by atoms with Gasteiger partial charge in [0.05, 0.1) is 7.11 Å². The topological polar surface area (TPSA) is 90.7 Å². The lowest BCUT2D eigenvalue weighted by molar-refractivity contribution is -0.119. The monoisotopic (exact) mass is 346 g/mol. The van der Waals surface area contributed by atoms with Crippen LogP contribution in [0, 0.1) is 5.82 Å². The lowest BCUT2D eigenvalue weighted by atomic mass is 10.1. The summed E-state index contributed by atoms with van der Waals surface area (Å²) in [6, 6.07) is 11.0. The predicted molar refractivity (Wildman–Crippen MR) is 90.1 cm³/mol. The fraction of sp³-hybridized carbons (Fsp3) is 0.222. The largest absolute Gasteiger partial charge is 0.493 e. The Bertz CT molecular complexity index is 764. The minimum Gasteiger partial charge on any atom is -0.493 e. The van der Waals surface area contributed by atoms with Crippen molar-refractivity contribution in [3.8, 4) is 11.5 Å². The average molecular weight is 346 g/mol. The third kappa shape index (κ3) is 5.20. The Morgan fingerprint density at radius 3 is 2.60 bits per heavy atom. The molecule has 0 bridgehead atoms. The van der Waals surface area contributed by atoms with Crippen molar-refractivity contribution in [2.45, 2.75) is 6.42 Å². The molecule has 25 heavy (non-hydrogen) atoms. The van der Waals surface area contributed by atoms with Crippen LogP contribution in [0.1, 0.15) is 15.9 Å². The third-order valence-corrected chi connectivity index (χ3v) is 3.43. The molecule has 7 heteroatoms. The Labute approximate surface area is 144 Å². The average Bonchev–Trinajstić information content (AvgIpc) is 2.61. The summed E-state index contributed by atoms with van der Waals surface area (Å²) in [5, 5.41) is 2.72. The van der Waals surface area contributed by atoms with Gasteiger partial charge >= 0.3 is 0 Å². The second-order valence-corrected chi connectivity index (χ2v) is 5.22. The number of ether oxygens (including phenoxy) is 2. The SMILES string of the molecule is COc1cc(C(=O)NCCc2ccccc2F)ccc1OCC(N)=O. The van der Waals surface area contributed by atoms with E-state index in [0.29, 0.717) is 35.6 Å². The zero-order chi connectivity index (χ0) is 18.2. The number of methoxy groups -OCH3 is 1. The molecule has 6 nitrogen and oxygen atoms in total. The molecule has 3 N–H and O–H groups in total. The van der Waals surface area contributed by atoms with Crippen LogP contribution < -0.4 is 20.5 Å². The highest BCUT2D eigenvalue weighted by Gasteiger charge is 2.12. The van der Waals surface area contributed by atoms with E-state index in [1.165, 1.54) is 31.4 Å². The van der Waals surface area contributed by atoms with Gasteiger partial charge in [-0.2, -0.15) is 0 Å². The number of benzene rings is 2. The van der Waals surface area contributed by atoms with Gasteiger partial charge in [0.2, 0.25) is 0 Å². The number of primary amides is 1. The molecule has 2 aromatic carbocycles. The van der Waals surface area contributed by atoms with Crippen molar-refractivity contribution in [3.63, 3.8) is 0 Å². The summed E-state index contributed by atoms with van der Waals surface area (Å²) >= 11 is 0. The van der Waals surface area contributed by atoms with Gasteiger partial charge in [-0.1, -0.05) is 18.2 Å². The van der Waals surface area contributed by atoms with Crippen molar-refractivity contribution in [1.29, 1.82) is 0 Å². The fourth-order valence-corrected chi connectivity index (χ4v) is 2.19. The fourth-order valence-electron chi connectivity index (χ4n) is 2.19. The van der Waals surface area contributed by atoms with Gasteiger partial charge in [0.25, 0.3) is 11.8 Å². The van der Waals surface area contributed by atoms with Crippen LogP contribution in [0.3, 0.4) is 0 Å². The van der Waals surface area contributed by atoms with Crippen LogP contribution in [0.2, 0.25) is 0 Å². The molecule has 0 fully saturated rings. The quantitative estimate of drug-likeness (QED) is 0.761. The van der Waals surface area contributed by atoms with E-state index in [4.69, 9.17) is 15.2 Å². The number of carbonyl (C=O) groups is 2. The van der Waals surface area contributed by atoms with Crippen LogP contribution in [0.25, 0.3) is 0 Å². The number of rotatable bonds is 8. The molecule has 2 aromatic rings. The first-order chi connectivity index (χ1) is 12.0. The molecule has 0 atom stereocenters. The Morgan fingerprint density at radius 1 is 1.16 bits per heavy atom. The molecule has 0 spiro atoms. The van der Waals surface area contributed by atoms with Gasteiger partial charge < -0.3 is 20.5 Å².